The molecule has 2 heterocycles. The first-order valence-corrected chi connectivity index (χ1v) is 9.24. The summed E-state index contributed by atoms with van der Waals surface area (Å²) in [4.78, 5) is 14.3. The fourth-order valence-corrected chi connectivity index (χ4v) is 3.37. The van der Waals surface area contributed by atoms with Gasteiger partial charge in [0.05, 0.1) is 6.61 Å². The quantitative estimate of drug-likeness (QED) is 0.858. The van der Waals surface area contributed by atoms with Crippen molar-refractivity contribution in [3.8, 4) is 0 Å². The molecule has 6 nitrogen and oxygen atoms in total. The molecule has 1 atom stereocenters. The largest absolute Gasteiger partial charge is 0.382 e. The number of urea groups is 1. The second-order valence-corrected chi connectivity index (χ2v) is 6.95. The molecule has 2 N–H and O–H groups in total. The van der Waals surface area contributed by atoms with Crippen LogP contribution < -0.4 is 10.6 Å². The predicted octanol–water partition coefficient (Wildman–Crippen LogP) is 3.31. The Morgan fingerprint density at radius 1 is 1.16 bits per heavy atom. The smallest absolute Gasteiger partial charge is 0.321 e. The molecular formula is C19H29N3O3. The first-order valence-electron chi connectivity index (χ1n) is 9.24. The van der Waals surface area contributed by atoms with Gasteiger partial charge in [-0.3, -0.25) is 0 Å². The number of anilines is 2. The van der Waals surface area contributed by atoms with Gasteiger partial charge in [-0.2, -0.15) is 0 Å². The molecule has 0 aromatic heterocycles. The Morgan fingerprint density at radius 2 is 1.84 bits per heavy atom. The lowest BCUT2D eigenvalue weighted by Crippen LogP contribution is -2.39. The van der Waals surface area contributed by atoms with Crippen molar-refractivity contribution in [2.75, 3.05) is 50.6 Å². The first kappa shape index (κ1) is 18.0. The monoisotopic (exact) mass is 347 g/mol. The topological polar surface area (TPSA) is 62.8 Å². The number of hydrogen-bond donors (Lipinski definition) is 2. The zero-order chi connectivity index (χ0) is 17.5. The lowest BCUT2D eigenvalue weighted by atomic mass is 10.0. The average Bonchev–Trinajstić information content (AvgIpc) is 2.94. The number of carbonyl (C=O) groups excluding carboxylic acids is 1. The summed E-state index contributed by atoms with van der Waals surface area (Å²) in [6.07, 6.45) is 5.54. The van der Waals surface area contributed by atoms with Crippen LogP contribution in [0, 0.1) is 0 Å². The van der Waals surface area contributed by atoms with Gasteiger partial charge in [-0.1, -0.05) is 12.8 Å². The summed E-state index contributed by atoms with van der Waals surface area (Å²) in [6.45, 7) is 3.79. The van der Waals surface area contributed by atoms with Gasteiger partial charge in [-0.05, 0) is 37.1 Å². The van der Waals surface area contributed by atoms with Crippen molar-refractivity contribution in [2.45, 2.75) is 37.7 Å². The van der Waals surface area contributed by atoms with Crippen molar-refractivity contribution in [3.05, 3.63) is 24.3 Å². The van der Waals surface area contributed by atoms with Gasteiger partial charge < -0.3 is 25.0 Å². The fourth-order valence-electron chi connectivity index (χ4n) is 3.37. The van der Waals surface area contributed by atoms with Gasteiger partial charge in [-0.25, -0.2) is 4.79 Å². The number of rotatable bonds is 5. The van der Waals surface area contributed by atoms with Crippen molar-refractivity contribution in [2.24, 2.45) is 0 Å². The van der Waals surface area contributed by atoms with E-state index >= 15 is 0 Å². The van der Waals surface area contributed by atoms with E-state index in [-0.39, 0.29) is 11.6 Å². The van der Waals surface area contributed by atoms with Crippen LogP contribution in [0.1, 0.15) is 32.1 Å². The molecule has 2 aliphatic rings. The molecule has 1 unspecified atom stereocenters. The highest BCUT2D eigenvalue weighted by Crippen LogP contribution is 2.24. The minimum Gasteiger partial charge on any atom is -0.382 e. The molecular weight excluding hydrogens is 318 g/mol. The van der Waals surface area contributed by atoms with Crippen LogP contribution >= 0.6 is 0 Å². The van der Waals surface area contributed by atoms with E-state index in [1.165, 1.54) is 12.8 Å². The van der Waals surface area contributed by atoms with Crippen LogP contribution in [0.3, 0.4) is 0 Å². The van der Waals surface area contributed by atoms with Crippen molar-refractivity contribution in [3.63, 3.8) is 0 Å². The highest BCUT2D eigenvalue weighted by Gasteiger charge is 2.34. The van der Waals surface area contributed by atoms with Crippen LogP contribution in [0.4, 0.5) is 16.2 Å². The Labute approximate surface area is 149 Å². The number of benzene rings is 1. The number of carbonyl (C=O) groups is 1. The average molecular weight is 347 g/mol. The molecule has 2 amide bonds. The van der Waals surface area contributed by atoms with E-state index in [1.54, 1.807) is 7.11 Å². The number of methoxy groups -OCH3 is 1. The molecule has 0 saturated carbocycles. The van der Waals surface area contributed by atoms with Crippen LogP contribution in [-0.4, -0.2) is 56.5 Å². The lowest BCUT2D eigenvalue weighted by Gasteiger charge is -2.26. The molecule has 0 aliphatic carbocycles. The van der Waals surface area contributed by atoms with E-state index in [9.17, 15) is 4.79 Å². The summed E-state index contributed by atoms with van der Waals surface area (Å²) in [7, 11) is 1.73. The van der Waals surface area contributed by atoms with Gasteiger partial charge in [0.25, 0.3) is 0 Å². The number of nitrogens with zero attached hydrogens (tertiary/aromatic N) is 1. The van der Waals surface area contributed by atoms with Gasteiger partial charge >= 0.3 is 6.03 Å². The Kier molecular flexibility index (Phi) is 6.15. The fraction of sp³-hybridized carbons (Fsp3) is 0.632. The first-order chi connectivity index (χ1) is 12.2. The number of ether oxygens (including phenoxy) is 2. The standard InChI is InChI=1S/C19H29N3O3/c1-24-19(10-13-25-15-19)14-20-16-6-8-17(9-7-16)21-18(23)22-11-4-2-3-5-12-22/h6-9,20H,2-5,10-15H2,1H3,(H,21,23). The molecule has 2 aliphatic heterocycles. The van der Waals surface area contributed by atoms with Crippen LogP contribution in [0.2, 0.25) is 0 Å². The third-order valence-corrected chi connectivity index (χ3v) is 5.14. The molecule has 3 rings (SSSR count). The molecule has 2 fully saturated rings. The van der Waals surface area contributed by atoms with Crippen molar-refractivity contribution in [1.82, 2.24) is 4.90 Å². The van der Waals surface area contributed by atoms with Crippen LogP contribution in [-0.2, 0) is 9.47 Å². The van der Waals surface area contributed by atoms with E-state index in [0.717, 1.165) is 50.3 Å². The Morgan fingerprint density at radius 3 is 2.44 bits per heavy atom. The summed E-state index contributed by atoms with van der Waals surface area (Å²) in [5, 5.41) is 6.40. The Bertz CT molecular complexity index is 548. The molecule has 25 heavy (non-hydrogen) atoms. The number of nitrogens with one attached hydrogen (secondary N) is 2. The van der Waals surface area contributed by atoms with Crippen LogP contribution in [0.25, 0.3) is 0 Å². The van der Waals surface area contributed by atoms with E-state index in [0.29, 0.717) is 13.2 Å². The Balaban J connectivity index is 1.50. The zero-order valence-corrected chi connectivity index (χ0v) is 15.1. The van der Waals surface area contributed by atoms with E-state index < -0.39 is 0 Å². The van der Waals surface area contributed by atoms with Crippen molar-refractivity contribution < 1.29 is 14.3 Å². The number of hydrogen-bond acceptors (Lipinski definition) is 4. The molecule has 1 aromatic rings. The van der Waals surface area contributed by atoms with E-state index in [1.807, 2.05) is 29.2 Å². The number of likely N-dealkylation sites (tertiary alicyclic amines) is 1. The van der Waals surface area contributed by atoms with Gasteiger partial charge in [-0.15, -0.1) is 0 Å². The molecule has 0 spiro atoms. The molecule has 6 heteroatoms. The zero-order valence-electron chi connectivity index (χ0n) is 15.1. The van der Waals surface area contributed by atoms with Crippen LogP contribution in [0.5, 0.6) is 0 Å². The van der Waals surface area contributed by atoms with E-state index in [2.05, 4.69) is 10.6 Å². The summed E-state index contributed by atoms with van der Waals surface area (Å²) in [5.74, 6) is 0. The third-order valence-electron chi connectivity index (χ3n) is 5.14. The highest BCUT2D eigenvalue weighted by molar-refractivity contribution is 5.89. The highest BCUT2D eigenvalue weighted by atomic mass is 16.5. The minimum atomic E-state index is -0.236. The maximum atomic E-state index is 12.4. The summed E-state index contributed by atoms with van der Waals surface area (Å²) in [5.41, 5.74) is 1.60. The summed E-state index contributed by atoms with van der Waals surface area (Å²) in [6, 6.07) is 7.84. The molecule has 0 radical (unpaired) electrons. The van der Waals surface area contributed by atoms with Crippen molar-refractivity contribution in [1.29, 1.82) is 0 Å². The van der Waals surface area contributed by atoms with Gasteiger partial charge in [0.2, 0.25) is 0 Å². The maximum Gasteiger partial charge on any atom is 0.321 e. The SMILES string of the molecule is COC1(CNc2ccc(NC(=O)N3CCCCCC3)cc2)CCOC1. The third kappa shape index (κ3) is 4.86. The van der Waals surface area contributed by atoms with Gasteiger partial charge in [0.15, 0.2) is 0 Å². The number of amides is 2. The molecule has 0 bridgehead atoms. The minimum absolute atomic E-state index is 0.00375. The lowest BCUT2D eigenvalue weighted by molar-refractivity contribution is -0.00619. The summed E-state index contributed by atoms with van der Waals surface area (Å²) < 4.78 is 11.1. The molecule has 138 valence electrons. The van der Waals surface area contributed by atoms with Gasteiger partial charge in [0, 0.05) is 51.1 Å². The van der Waals surface area contributed by atoms with Gasteiger partial charge in [0.1, 0.15) is 5.60 Å². The van der Waals surface area contributed by atoms with E-state index in [4.69, 9.17) is 9.47 Å². The maximum absolute atomic E-state index is 12.4. The second-order valence-electron chi connectivity index (χ2n) is 6.95. The molecule has 1 aromatic carbocycles. The predicted molar refractivity (Wildman–Crippen MR) is 99.2 cm³/mol. The molecule has 2 saturated heterocycles. The Hall–Kier alpha value is -1.79. The second kappa shape index (κ2) is 8.54. The van der Waals surface area contributed by atoms with Crippen LogP contribution in [0.15, 0.2) is 24.3 Å². The normalized spacial score (nSPS) is 24.0. The van der Waals surface area contributed by atoms with Crippen molar-refractivity contribution >= 4 is 17.4 Å². The summed E-state index contributed by atoms with van der Waals surface area (Å²) >= 11 is 0.